The standard InChI is InChI=1S/C10H4F2N2O2/c11-8-1-5(2-9(15)16)10(12)7(4-14)6(8)3-13/h1H,2H2,(H,15,16). The Morgan fingerprint density at radius 2 is 1.88 bits per heavy atom. The van der Waals surface area contributed by atoms with E-state index in [2.05, 4.69) is 0 Å². The maximum absolute atomic E-state index is 13.5. The van der Waals surface area contributed by atoms with Crippen LogP contribution in [-0.4, -0.2) is 11.1 Å². The van der Waals surface area contributed by atoms with Crippen LogP contribution >= 0.6 is 0 Å². The first-order valence-corrected chi connectivity index (χ1v) is 4.04. The molecule has 0 spiro atoms. The van der Waals surface area contributed by atoms with Crippen LogP contribution in [0.5, 0.6) is 0 Å². The first kappa shape index (κ1) is 11.6. The third-order valence-corrected chi connectivity index (χ3v) is 1.86. The van der Waals surface area contributed by atoms with Gasteiger partial charge in [0.15, 0.2) is 0 Å². The molecule has 0 aromatic heterocycles. The Bertz CT molecular complexity index is 541. The SMILES string of the molecule is N#Cc1c(F)cc(CC(=O)O)c(F)c1C#N. The number of aliphatic carboxylic acids is 1. The van der Waals surface area contributed by atoms with Crippen LogP contribution in [0.3, 0.4) is 0 Å². The van der Waals surface area contributed by atoms with Gasteiger partial charge in [-0.1, -0.05) is 0 Å². The Labute approximate surface area is 89.0 Å². The minimum absolute atomic E-state index is 0.458. The highest BCUT2D eigenvalue weighted by atomic mass is 19.1. The van der Waals surface area contributed by atoms with Crippen molar-refractivity contribution in [3.05, 3.63) is 34.4 Å². The molecule has 0 unspecified atom stereocenters. The highest BCUT2D eigenvalue weighted by Crippen LogP contribution is 2.20. The van der Waals surface area contributed by atoms with E-state index in [4.69, 9.17) is 15.6 Å². The molecular formula is C10H4F2N2O2. The topological polar surface area (TPSA) is 84.9 Å². The molecular weight excluding hydrogens is 218 g/mol. The smallest absolute Gasteiger partial charge is 0.307 e. The first-order valence-electron chi connectivity index (χ1n) is 4.04. The number of hydrogen-bond acceptors (Lipinski definition) is 3. The second-order valence-electron chi connectivity index (χ2n) is 2.88. The first-order chi connectivity index (χ1) is 7.51. The molecule has 0 saturated heterocycles. The summed E-state index contributed by atoms with van der Waals surface area (Å²) >= 11 is 0. The molecule has 80 valence electrons. The molecule has 0 aliphatic carbocycles. The number of carboxylic acid groups (broad SMARTS) is 1. The second-order valence-corrected chi connectivity index (χ2v) is 2.88. The summed E-state index contributed by atoms with van der Waals surface area (Å²) in [6, 6.07) is 3.30. The molecule has 0 heterocycles. The molecule has 0 radical (unpaired) electrons. The highest BCUT2D eigenvalue weighted by Gasteiger charge is 2.19. The third-order valence-electron chi connectivity index (χ3n) is 1.86. The average Bonchev–Trinajstić information content (AvgIpc) is 2.21. The van der Waals surface area contributed by atoms with Crippen molar-refractivity contribution in [1.29, 1.82) is 10.5 Å². The van der Waals surface area contributed by atoms with Crippen molar-refractivity contribution in [2.45, 2.75) is 6.42 Å². The van der Waals surface area contributed by atoms with E-state index >= 15 is 0 Å². The van der Waals surface area contributed by atoms with Crippen molar-refractivity contribution in [2.24, 2.45) is 0 Å². The van der Waals surface area contributed by atoms with Crippen molar-refractivity contribution in [2.75, 3.05) is 0 Å². The Morgan fingerprint density at radius 3 is 2.31 bits per heavy atom. The number of hydrogen-bond donors (Lipinski definition) is 1. The Hall–Kier alpha value is -2.47. The normalized spacial score (nSPS) is 9.25. The lowest BCUT2D eigenvalue weighted by Crippen LogP contribution is -2.06. The zero-order chi connectivity index (χ0) is 12.3. The van der Waals surface area contributed by atoms with Crippen LogP contribution < -0.4 is 0 Å². The van der Waals surface area contributed by atoms with Gasteiger partial charge in [0, 0.05) is 5.56 Å². The van der Waals surface area contributed by atoms with Gasteiger partial charge in [0.25, 0.3) is 0 Å². The molecule has 6 heteroatoms. The number of carboxylic acids is 1. The van der Waals surface area contributed by atoms with Gasteiger partial charge in [0.2, 0.25) is 0 Å². The molecule has 1 N–H and O–H groups in total. The van der Waals surface area contributed by atoms with E-state index in [1.165, 1.54) is 12.1 Å². The van der Waals surface area contributed by atoms with Gasteiger partial charge in [0.1, 0.15) is 34.9 Å². The molecule has 1 aromatic carbocycles. The summed E-state index contributed by atoms with van der Waals surface area (Å²) in [6.07, 6.45) is -0.747. The molecule has 4 nitrogen and oxygen atoms in total. The minimum Gasteiger partial charge on any atom is -0.481 e. The fraction of sp³-hybridized carbons (Fsp3) is 0.100. The van der Waals surface area contributed by atoms with Crippen LogP contribution in [0.4, 0.5) is 8.78 Å². The summed E-state index contributed by atoms with van der Waals surface area (Å²) in [5, 5.41) is 25.5. The minimum atomic E-state index is -1.35. The van der Waals surface area contributed by atoms with Crippen LogP contribution in [0.2, 0.25) is 0 Å². The molecule has 0 aliphatic heterocycles. The zero-order valence-electron chi connectivity index (χ0n) is 7.79. The molecule has 0 fully saturated rings. The lowest BCUT2D eigenvalue weighted by Gasteiger charge is -2.04. The monoisotopic (exact) mass is 222 g/mol. The molecule has 1 aromatic rings. The second kappa shape index (κ2) is 4.37. The number of nitrogens with zero attached hydrogens (tertiary/aromatic N) is 2. The van der Waals surface area contributed by atoms with Crippen molar-refractivity contribution < 1.29 is 18.7 Å². The number of benzene rings is 1. The molecule has 0 amide bonds. The van der Waals surface area contributed by atoms with Crippen LogP contribution in [0, 0.1) is 34.3 Å². The summed E-state index contributed by atoms with van der Waals surface area (Å²) in [6.45, 7) is 0. The molecule has 1 rings (SSSR count). The Kier molecular flexibility index (Phi) is 3.17. The predicted molar refractivity (Wildman–Crippen MR) is 47.1 cm³/mol. The van der Waals surface area contributed by atoms with E-state index in [1.54, 1.807) is 0 Å². The largest absolute Gasteiger partial charge is 0.481 e. The fourth-order valence-electron chi connectivity index (χ4n) is 1.18. The summed E-state index contributed by atoms with van der Waals surface area (Å²) in [5.41, 5.74) is -1.94. The van der Waals surface area contributed by atoms with Crippen LogP contribution in [0.1, 0.15) is 16.7 Å². The summed E-state index contributed by atoms with van der Waals surface area (Å²) in [4.78, 5) is 10.3. The van der Waals surface area contributed by atoms with E-state index in [9.17, 15) is 13.6 Å². The molecule has 16 heavy (non-hydrogen) atoms. The van der Waals surface area contributed by atoms with Gasteiger partial charge in [-0.15, -0.1) is 0 Å². The summed E-state index contributed by atoms with van der Waals surface area (Å²) in [7, 11) is 0. The van der Waals surface area contributed by atoms with E-state index in [-0.39, 0.29) is 0 Å². The van der Waals surface area contributed by atoms with E-state index in [0.29, 0.717) is 6.07 Å². The summed E-state index contributed by atoms with van der Waals surface area (Å²) in [5.74, 6) is -3.62. The van der Waals surface area contributed by atoms with Gasteiger partial charge in [-0.3, -0.25) is 4.79 Å². The van der Waals surface area contributed by atoms with Crippen molar-refractivity contribution in [3.63, 3.8) is 0 Å². The maximum Gasteiger partial charge on any atom is 0.307 e. The van der Waals surface area contributed by atoms with Crippen LogP contribution in [0.25, 0.3) is 0 Å². The highest BCUT2D eigenvalue weighted by molar-refractivity contribution is 5.71. The quantitative estimate of drug-likeness (QED) is 0.817. The number of carbonyl (C=O) groups is 1. The van der Waals surface area contributed by atoms with E-state index in [0.717, 1.165) is 0 Å². The van der Waals surface area contributed by atoms with Crippen molar-refractivity contribution in [3.8, 4) is 12.1 Å². The van der Waals surface area contributed by atoms with E-state index in [1.807, 2.05) is 0 Å². The van der Waals surface area contributed by atoms with Gasteiger partial charge < -0.3 is 5.11 Å². The number of halogens is 2. The van der Waals surface area contributed by atoms with Gasteiger partial charge >= 0.3 is 5.97 Å². The Morgan fingerprint density at radius 1 is 1.31 bits per heavy atom. The molecule has 0 bridgehead atoms. The molecule has 0 saturated carbocycles. The third kappa shape index (κ3) is 1.96. The van der Waals surface area contributed by atoms with Gasteiger partial charge in [-0.05, 0) is 6.07 Å². The number of nitriles is 2. The lowest BCUT2D eigenvalue weighted by atomic mass is 10.0. The van der Waals surface area contributed by atoms with Crippen LogP contribution in [-0.2, 0) is 11.2 Å². The molecule has 0 atom stereocenters. The maximum atomic E-state index is 13.5. The number of rotatable bonds is 2. The molecule has 0 aliphatic rings. The van der Waals surface area contributed by atoms with Crippen molar-refractivity contribution >= 4 is 5.97 Å². The van der Waals surface area contributed by atoms with E-state index < -0.39 is 40.7 Å². The fourth-order valence-corrected chi connectivity index (χ4v) is 1.18. The lowest BCUT2D eigenvalue weighted by molar-refractivity contribution is -0.136. The predicted octanol–water partition coefficient (Wildman–Crippen LogP) is 1.34. The van der Waals surface area contributed by atoms with Crippen molar-refractivity contribution in [1.82, 2.24) is 0 Å². The van der Waals surface area contributed by atoms with Gasteiger partial charge in [-0.2, -0.15) is 10.5 Å². The van der Waals surface area contributed by atoms with Crippen LogP contribution in [0.15, 0.2) is 6.07 Å². The average molecular weight is 222 g/mol. The zero-order valence-corrected chi connectivity index (χ0v) is 7.79. The summed E-state index contributed by atoms with van der Waals surface area (Å²) < 4.78 is 26.7. The Balaban J connectivity index is 3.49. The van der Waals surface area contributed by atoms with Gasteiger partial charge in [0.05, 0.1) is 6.42 Å². The van der Waals surface area contributed by atoms with Gasteiger partial charge in [-0.25, -0.2) is 8.78 Å².